The maximum Gasteiger partial charge on any atom is 0.418 e. The number of hydrogen-bond acceptors (Lipinski definition) is 4. The minimum atomic E-state index is -0.416. The third kappa shape index (κ3) is 4.37. The Morgan fingerprint density at radius 2 is 1.34 bits per heavy atom. The molecule has 0 atom stereocenters. The van der Waals surface area contributed by atoms with Gasteiger partial charge < -0.3 is 14.2 Å². The maximum absolute atomic E-state index is 13.0. The molecule has 0 spiro atoms. The third-order valence-electron chi connectivity index (χ3n) is 5.43. The second-order valence-corrected chi connectivity index (χ2v) is 7.37. The Balaban J connectivity index is 1.73. The molecule has 0 radical (unpaired) electrons. The largest absolute Gasteiger partial charge is 0.497 e. The minimum absolute atomic E-state index is 0.215. The Hall–Kier alpha value is -3.99. The fourth-order valence-corrected chi connectivity index (χ4v) is 3.70. The van der Waals surface area contributed by atoms with Crippen LogP contribution < -0.4 is 9.47 Å². The molecule has 3 aromatic carbocycles. The molecule has 0 saturated carbocycles. The number of nitrogens with zero attached hydrogens (tertiary/aromatic N) is 1. The van der Waals surface area contributed by atoms with Crippen LogP contribution in [0, 0.1) is 6.92 Å². The molecule has 5 nitrogen and oxygen atoms in total. The van der Waals surface area contributed by atoms with E-state index in [9.17, 15) is 4.79 Å². The summed E-state index contributed by atoms with van der Waals surface area (Å²) in [5, 5.41) is 0. The molecule has 0 N–H and O–H groups in total. The number of ether oxygens (including phenoxy) is 3. The molecule has 0 amide bonds. The van der Waals surface area contributed by atoms with Crippen molar-refractivity contribution in [1.82, 2.24) is 4.57 Å². The number of benzene rings is 3. The first kappa shape index (κ1) is 21.2. The summed E-state index contributed by atoms with van der Waals surface area (Å²) in [5.74, 6) is 1.55. The molecule has 4 aromatic rings. The van der Waals surface area contributed by atoms with Crippen LogP contribution in [0.2, 0.25) is 0 Å². The number of carbonyl (C=O) groups is 1. The van der Waals surface area contributed by atoms with E-state index in [2.05, 4.69) is 0 Å². The summed E-state index contributed by atoms with van der Waals surface area (Å²) in [4.78, 5) is 13.0. The average Bonchev–Trinajstić information content (AvgIpc) is 3.20. The predicted molar refractivity (Wildman–Crippen MR) is 125 cm³/mol. The normalized spacial score (nSPS) is 10.6. The second kappa shape index (κ2) is 9.43. The first-order valence-electron chi connectivity index (χ1n) is 10.3. The summed E-state index contributed by atoms with van der Waals surface area (Å²) in [7, 11) is 3.28. The summed E-state index contributed by atoms with van der Waals surface area (Å²) in [5.41, 5.74) is 5.62. The van der Waals surface area contributed by atoms with Gasteiger partial charge in [0.1, 0.15) is 18.1 Å². The van der Waals surface area contributed by atoms with Gasteiger partial charge in [-0.1, -0.05) is 54.6 Å². The first-order valence-corrected chi connectivity index (χ1v) is 10.3. The molecule has 4 rings (SSSR count). The van der Waals surface area contributed by atoms with E-state index in [-0.39, 0.29) is 6.61 Å². The Morgan fingerprint density at radius 1 is 0.781 bits per heavy atom. The van der Waals surface area contributed by atoms with Gasteiger partial charge in [0.2, 0.25) is 0 Å². The van der Waals surface area contributed by atoms with E-state index in [4.69, 9.17) is 14.2 Å². The summed E-state index contributed by atoms with van der Waals surface area (Å²) < 4.78 is 17.8. The smallest absolute Gasteiger partial charge is 0.418 e. The monoisotopic (exact) mass is 427 g/mol. The number of aromatic nitrogens is 1. The molecule has 0 saturated heterocycles. The third-order valence-corrected chi connectivity index (χ3v) is 5.43. The Labute approximate surface area is 187 Å². The van der Waals surface area contributed by atoms with Gasteiger partial charge in [0.25, 0.3) is 0 Å². The van der Waals surface area contributed by atoms with Gasteiger partial charge in [0, 0.05) is 23.0 Å². The SMILES string of the molecule is COc1ccc(-c2cn(C(=O)OCc3ccccc3)c(C)c2-c2ccc(OC)cc2)cc1. The summed E-state index contributed by atoms with van der Waals surface area (Å²) in [6, 6.07) is 25.3. The van der Waals surface area contributed by atoms with Crippen LogP contribution in [0.5, 0.6) is 11.5 Å². The van der Waals surface area contributed by atoms with Gasteiger partial charge in [0.05, 0.1) is 14.2 Å². The summed E-state index contributed by atoms with van der Waals surface area (Å²) in [6.45, 7) is 2.14. The van der Waals surface area contributed by atoms with Crippen molar-refractivity contribution in [3.63, 3.8) is 0 Å². The zero-order valence-corrected chi connectivity index (χ0v) is 18.4. The minimum Gasteiger partial charge on any atom is -0.497 e. The van der Waals surface area contributed by atoms with Crippen molar-refractivity contribution in [1.29, 1.82) is 0 Å². The highest BCUT2D eigenvalue weighted by Gasteiger charge is 2.20. The molecule has 0 aliphatic carbocycles. The van der Waals surface area contributed by atoms with Gasteiger partial charge >= 0.3 is 6.09 Å². The molecule has 0 aliphatic heterocycles. The number of carbonyl (C=O) groups excluding carboxylic acids is 1. The maximum atomic E-state index is 13.0. The van der Waals surface area contributed by atoms with E-state index >= 15 is 0 Å². The molecule has 0 aliphatic rings. The highest BCUT2D eigenvalue weighted by atomic mass is 16.5. The van der Waals surface area contributed by atoms with Gasteiger partial charge in [-0.25, -0.2) is 4.79 Å². The molecule has 1 aromatic heterocycles. The molecular formula is C27H25NO4. The lowest BCUT2D eigenvalue weighted by atomic mass is 9.97. The van der Waals surface area contributed by atoms with Gasteiger partial charge in [-0.3, -0.25) is 4.57 Å². The molecule has 0 bridgehead atoms. The standard InChI is InChI=1S/C27H25NO4/c1-19-26(22-11-15-24(31-3)16-12-22)25(21-9-13-23(30-2)14-10-21)17-28(19)27(29)32-18-20-7-5-4-6-8-20/h4-17H,18H2,1-3H3. The Bertz CT molecular complexity index is 1190. The number of rotatable bonds is 6. The second-order valence-electron chi connectivity index (χ2n) is 7.37. The van der Waals surface area contributed by atoms with Crippen LogP contribution in [0.3, 0.4) is 0 Å². The van der Waals surface area contributed by atoms with E-state index in [1.165, 1.54) is 0 Å². The number of methoxy groups -OCH3 is 2. The van der Waals surface area contributed by atoms with Gasteiger partial charge in [-0.15, -0.1) is 0 Å². The van der Waals surface area contributed by atoms with Crippen LogP contribution in [-0.4, -0.2) is 24.9 Å². The van der Waals surface area contributed by atoms with Crippen molar-refractivity contribution in [3.05, 3.63) is 96.3 Å². The van der Waals surface area contributed by atoms with Gasteiger partial charge in [-0.2, -0.15) is 0 Å². The van der Waals surface area contributed by atoms with E-state index in [0.29, 0.717) is 0 Å². The fraction of sp³-hybridized carbons (Fsp3) is 0.148. The molecular weight excluding hydrogens is 402 g/mol. The van der Waals surface area contributed by atoms with Crippen LogP contribution >= 0.6 is 0 Å². The Morgan fingerprint density at radius 3 is 1.91 bits per heavy atom. The van der Waals surface area contributed by atoms with Crippen molar-refractivity contribution in [2.45, 2.75) is 13.5 Å². The molecule has 5 heteroatoms. The van der Waals surface area contributed by atoms with E-state index in [0.717, 1.165) is 45.0 Å². The zero-order chi connectivity index (χ0) is 22.5. The van der Waals surface area contributed by atoms with Gasteiger partial charge in [-0.05, 0) is 47.9 Å². The molecule has 32 heavy (non-hydrogen) atoms. The zero-order valence-electron chi connectivity index (χ0n) is 18.4. The van der Waals surface area contributed by atoms with Gasteiger partial charge in [0.15, 0.2) is 0 Å². The van der Waals surface area contributed by atoms with Crippen molar-refractivity contribution >= 4 is 6.09 Å². The topological polar surface area (TPSA) is 49.7 Å². The van der Waals surface area contributed by atoms with Crippen LogP contribution in [0.4, 0.5) is 4.79 Å². The lowest BCUT2D eigenvalue weighted by molar-refractivity contribution is 0.141. The fourth-order valence-electron chi connectivity index (χ4n) is 3.70. The molecule has 0 unspecified atom stereocenters. The first-order chi connectivity index (χ1) is 15.6. The molecule has 1 heterocycles. The molecule has 0 fully saturated rings. The van der Waals surface area contributed by atoms with Crippen LogP contribution in [-0.2, 0) is 11.3 Å². The van der Waals surface area contributed by atoms with Crippen molar-refractivity contribution < 1.29 is 19.0 Å². The summed E-state index contributed by atoms with van der Waals surface area (Å²) >= 11 is 0. The van der Waals surface area contributed by atoms with Crippen LogP contribution in [0.1, 0.15) is 11.3 Å². The van der Waals surface area contributed by atoms with Crippen molar-refractivity contribution in [2.75, 3.05) is 14.2 Å². The lowest BCUT2D eigenvalue weighted by Gasteiger charge is -2.09. The quantitative estimate of drug-likeness (QED) is 0.361. The van der Waals surface area contributed by atoms with Crippen molar-refractivity contribution in [2.24, 2.45) is 0 Å². The highest BCUT2D eigenvalue weighted by molar-refractivity contribution is 5.89. The lowest BCUT2D eigenvalue weighted by Crippen LogP contribution is -2.14. The van der Waals surface area contributed by atoms with Crippen LogP contribution in [0.15, 0.2) is 85.1 Å². The predicted octanol–water partition coefficient (Wildman–Crippen LogP) is 6.33. The average molecular weight is 428 g/mol. The van der Waals surface area contributed by atoms with Crippen LogP contribution in [0.25, 0.3) is 22.3 Å². The Kier molecular flexibility index (Phi) is 6.26. The van der Waals surface area contributed by atoms with E-state index < -0.39 is 6.09 Å². The van der Waals surface area contributed by atoms with E-state index in [1.54, 1.807) is 18.8 Å². The van der Waals surface area contributed by atoms with Crippen molar-refractivity contribution in [3.8, 4) is 33.8 Å². The highest BCUT2D eigenvalue weighted by Crippen LogP contribution is 2.37. The summed E-state index contributed by atoms with van der Waals surface area (Å²) in [6.07, 6.45) is 1.42. The molecule has 162 valence electrons. The number of hydrogen-bond donors (Lipinski definition) is 0. The van der Waals surface area contributed by atoms with E-state index in [1.807, 2.05) is 92.0 Å².